The Morgan fingerprint density at radius 1 is 1.38 bits per heavy atom. The van der Waals surface area contributed by atoms with Crippen molar-refractivity contribution < 1.29 is 9.90 Å². The maximum Gasteiger partial charge on any atom is 0.345 e. The molecule has 0 unspecified atom stereocenters. The van der Waals surface area contributed by atoms with E-state index in [1.165, 1.54) is 11.3 Å². The molecule has 1 aromatic heterocycles. The van der Waals surface area contributed by atoms with Gasteiger partial charge in [0.25, 0.3) is 0 Å². The fourth-order valence-corrected chi connectivity index (χ4v) is 2.52. The van der Waals surface area contributed by atoms with Crippen molar-refractivity contribution >= 4 is 50.0 Å². The van der Waals surface area contributed by atoms with Crippen LogP contribution in [0.25, 0.3) is 10.1 Å². The van der Waals surface area contributed by atoms with Crippen LogP contribution in [0.15, 0.2) is 24.3 Å². The van der Waals surface area contributed by atoms with E-state index in [1.807, 2.05) is 18.2 Å². The first-order chi connectivity index (χ1) is 6.16. The molecule has 0 saturated heterocycles. The second-order valence-electron chi connectivity index (χ2n) is 2.60. The van der Waals surface area contributed by atoms with Gasteiger partial charge in [0.1, 0.15) is 4.88 Å². The lowest BCUT2D eigenvalue weighted by Gasteiger charge is -1.88. The highest BCUT2D eigenvalue weighted by Gasteiger charge is 2.07. The first-order valence-corrected chi connectivity index (χ1v) is 5.49. The summed E-state index contributed by atoms with van der Waals surface area (Å²) in [5.41, 5.74) is 0. The number of carbonyl (C=O) groups is 1. The average Bonchev–Trinajstić information content (AvgIpc) is 2.46. The van der Waals surface area contributed by atoms with E-state index in [0.29, 0.717) is 4.88 Å². The molecule has 0 amide bonds. The summed E-state index contributed by atoms with van der Waals surface area (Å²) in [6, 6.07) is 7.63. The van der Waals surface area contributed by atoms with Crippen molar-refractivity contribution in [3.05, 3.63) is 32.7 Å². The molecule has 1 heterocycles. The van der Waals surface area contributed by atoms with Crippen LogP contribution < -0.4 is 0 Å². The van der Waals surface area contributed by atoms with E-state index in [9.17, 15) is 4.79 Å². The molecule has 2 aromatic rings. The minimum absolute atomic E-state index is 0.400. The van der Waals surface area contributed by atoms with Gasteiger partial charge in [0.2, 0.25) is 0 Å². The van der Waals surface area contributed by atoms with Crippen LogP contribution in [-0.2, 0) is 0 Å². The van der Waals surface area contributed by atoms with Gasteiger partial charge in [0.05, 0.1) is 0 Å². The van der Waals surface area contributed by atoms with Crippen LogP contribution in [0.1, 0.15) is 9.67 Å². The summed E-state index contributed by atoms with van der Waals surface area (Å²) in [5, 5.41) is 9.77. The first kappa shape index (κ1) is 8.96. The topological polar surface area (TPSA) is 37.3 Å². The van der Waals surface area contributed by atoms with Gasteiger partial charge >= 0.3 is 5.97 Å². The number of aromatic carboxylic acids is 1. The molecule has 13 heavy (non-hydrogen) atoms. The van der Waals surface area contributed by atoms with Gasteiger partial charge in [-0.1, -0.05) is 0 Å². The minimum atomic E-state index is -0.851. The van der Waals surface area contributed by atoms with Gasteiger partial charge in [-0.05, 0) is 52.2 Å². The lowest BCUT2D eigenvalue weighted by atomic mass is 10.2. The Balaban J connectivity index is 2.68. The summed E-state index contributed by atoms with van der Waals surface area (Å²) in [4.78, 5) is 11.1. The summed E-state index contributed by atoms with van der Waals surface area (Å²) < 4.78 is 2.15. The molecule has 0 aliphatic carbocycles. The largest absolute Gasteiger partial charge is 0.477 e. The monoisotopic (exact) mass is 304 g/mol. The molecule has 66 valence electrons. The maximum atomic E-state index is 10.7. The summed E-state index contributed by atoms with van der Waals surface area (Å²) >= 11 is 3.52. The molecule has 0 spiro atoms. The van der Waals surface area contributed by atoms with Gasteiger partial charge in [-0.15, -0.1) is 11.3 Å². The third-order valence-electron chi connectivity index (χ3n) is 1.69. The maximum absolute atomic E-state index is 10.7. The molecule has 0 bridgehead atoms. The fraction of sp³-hybridized carbons (Fsp3) is 0. The summed E-state index contributed by atoms with van der Waals surface area (Å²) in [5.74, 6) is -0.851. The van der Waals surface area contributed by atoms with Crippen LogP contribution in [0, 0.1) is 3.57 Å². The highest BCUT2D eigenvalue weighted by molar-refractivity contribution is 14.1. The molecule has 0 atom stereocenters. The van der Waals surface area contributed by atoms with Gasteiger partial charge in [0.15, 0.2) is 0 Å². The fourth-order valence-electron chi connectivity index (χ4n) is 1.12. The van der Waals surface area contributed by atoms with E-state index >= 15 is 0 Å². The average molecular weight is 304 g/mol. The lowest BCUT2D eigenvalue weighted by molar-refractivity contribution is 0.0702. The zero-order chi connectivity index (χ0) is 9.42. The molecule has 2 rings (SSSR count). The molecular weight excluding hydrogens is 299 g/mol. The third kappa shape index (κ3) is 1.68. The molecule has 2 nitrogen and oxygen atoms in total. The molecule has 1 N–H and O–H groups in total. The van der Waals surface area contributed by atoms with E-state index in [0.717, 1.165) is 13.7 Å². The quantitative estimate of drug-likeness (QED) is 0.822. The van der Waals surface area contributed by atoms with Crippen LogP contribution in [-0.4, -0.2) is 11.1 Å². The molecule has 0 aliphatic rings. The Morgan fingerprint density at radius 3 is 2.85 bits per heavy atom. The standard InChI is InChI=1S/C9H5IO2S/c10-6-1-2-7-5(3-6)4-8(13-7)9(11)12/h1-4H,(H,11,12). The number of hydrogen-bond donors (Lipinski definition) is 1. The number of benzene rings is 1. The Bertz CT molecular complexity index is 475. The number of hydrogen-bond acceptors (Lipinski definition) is 2. The summed E-state index contributed by atoms with van der Waals surface area (Å²) in [7, 11) is 0. The molecule has 1 aromatic carbocycles. The second kappa shape index (κ2) is 3.26. The smallest absolute Gasteiger partial charge is 0.345 e. The molecule has 0 saturated carbocycles. The van der Waals surface area contributed by atoms with Gasteiger partial charge in [-0.3, -0.25) is 0 Å². The molecule has 4 heteroatoms. The number of thiophene rings is 1. The van der Waals surface area contributed by atoms with E-state index in [-0.39, 0.29) is 0 Å². The number of fused-ring (bicyclic) bond motifs is 1. The van der Waals surface area contributed by atoms with E-state index < -0.39 is 5.97 Å². The first-order valence-electron chi connectivity index (χ1n) is 3.59. The number of carboxylic acid groups (broad SMARTS) is 1. The normalized spacial score (nSPS) is 10.5. The predicted molar refractivity (Wildman–Crippen MR) is 61.5 cm³/mol. The van der Waals surface area contributed by atoms with E-state index in [2.05, 4.69) is 22.6 Å². The van der Waals surface area contributed by atoms with Crippen molar-refractivity contribution in [2.24, 2.45) is 0 Å². The van der Waals surface area contributed by atoms with Crippen molar-refractivity contribution in [2.75, 3.05) is 0 Å². The molecule has 0 radical (unpaired) electrons. The van der Waals surface area contributed by atoms with Crippen LogP contribution in [0.3, 0.4) is 0 Å². The van der Waals surface area contributed by atoms with Gasteiger partial charge in [0, 0.05) is 8.27 Å². The lowest BCUT2D eigenvalue weighted by Crippen LogP contribution is -1.89. The van der Waals surface area contributed by atoms with Crippen LogP contribution in [0.5, 0.6) is 0 Å². The van der Waals surface area contributed by atoms with Gasteiger partial charge < -0.3 is 5.11 Å². The SMILES string of the molecule is O=C(O)c1cc2cc(I)ccc2s1. The van der Waals surface area contributed by atoms with Crippen LogP contribution in [0.2, 0.25) is 0 Å². The third-order valence-corrected chi connectivity index (χ3v) is 3.46. The Kier molecular flexibility index (Phi) is 2.25. The highest BCUT2D eigenvalue weighted by atomic mass is 127. The molecule has 0 aliphatic heterocycles. The summed E-state index contributed by atoms with van der Waals surface area (Å²) in [6.45, 7) is 0. The zero-order valence-electron chi connectivity index (χ0n) is 6.45. The second-order valence-corrected chi connectivity index (χ2v) is 4.93. The van der Waals surface area contributed by atoms with Crippen molar-refractivity contribution in [2.45, 2.75) is 0 Å². The van der Waals surface area contributed by atoms with Crippen LogP contribution in [0.4, 0.5) is 0 Å². The van der Waals surface area contributed by atoms with Gasteiger partial charge in [-0.2, -0.15) is 0 Å². The zero-order valence-corrected chi connectivity index (χ0v) is 9.43. The Hall–Kier alpha value is -0.620. The van der Waals surface area contributed by atoms with Crippen LogP contribution >= 0.6 is 33.9 Å². The van der Waals surface area contributed by atoms with Gasteiger partial charge in [-0.25, -0.2) is 4.79 Å². The Labute approximate surface area is 92.3 Å². The van der Waals surface area contributed by atoms with E-state index in [1.54, 1.807) is 6.07 Å². The summed E-state index contributed by atoms with van der Waals surface area (Å²) in [6.07, 6.45) is 0. The molecular formula is C9H5IO2S. The number of carboxylic acids is 1. The Morgan fingerprint density at radius 2 is 2.15 bits per heavy atom. The number of halogens is 1. The van der Waals surface area contributed by atoms with Crippen molar-refractivity contribution in [3.63, 3.8) is 0 Å². The minimum Gasteiger partial charge on any atom is -0.477 e. The van der Waals surface area contributed by atoms with Crippen molar-refractivity contribution in [1.82, 2.24) is 0 Å². The van der Waals surface area contributed by atoms with E-state index in [4.69, 9.17) is 5.11 Å². The van der Waals surface area contributed by atoms with Crippen molar-refractivity contribution in [3.8, 4) is 0 Å². The van der Waals surface area contributed by atoms with Crippen molar-refractivity contribution in [1.29, 1.82) is 0 Å². The number of rotatable bonds is 1. The highest BCUT2D eigenvalue weighted by Crippen LogP contribution is 2.26. The molecule has 0 fully saturated rings. The predicted octanol–water partition coefficient (Wildman–Crippen LogP) is 3.20.